The Morgan fingerprint density at radius 2 is 1.88 bits per heavy atom. The van der Waals surface area contributed by atoms with Gasteiger partial charge in [-0.3, -0.25) is 9.88 Å². The molecular weight excluding hydrogens is 512 g/mol. The maximum absolute atomic E-state index is 9.74. The molecule has 2 atom stereocenters. The average molecular weight is 545 g/mol. The van der Waals surface area contributed by atoms with Crippen LogP contribution in [-0.4, -0.2) is 62.9 Å². The van der Waals surface area contributed by atoms with Crippen LogP contribution in [0.1, 0.15) is 42.1 Å². The minimum Gasteiger partial charge on any atom is -0.378 e. The number of ether oxygens (including phenoxy) is 1. The fourth-order valence-corrected chi connectivity index (χ4v) is 6.45. The molecule has 4 saturated heterocycles. The predicted octanol–water partition coefficient (Wildman–Crippen LogP) is 4.16. The lowest BCUT2D eigenvalue weighted by molar-refractivity contribution is -0.0809. The molecule has 4 aliphatic rings. The highest BCUT2D eigenvalue weighted by molar-refractivity contribution is 5.84. The molecule has 0 N–H and O–H groups in total. The minimum absolute atomic E-state index is 0.401. The number of anilines is 1. The molecule has 9 nitrogen and oxygen atoms in total. The summed E-state index contributed by atoms with van der Waals surface area (Å²) in [6.07, 6.45) is 11.2. The third-order valence-corrected chi connectivity index (χ3v) is 9.02. The third kappa shape index (κ3) is 4.61. The van der Waals surface area contributed by atoms with Crippen molar-refractivity contribution in [1.82, 2.24) is 24.5 Å². The smallest absolute Gasteiger partial charge is 0.128 e. The second-order valence-corrected chi connectivity index (χ2v) is 11.6. The average Bonchev–Trinajstić information content (AvgIpc) is 3.43. The van der Waals surface area contributed by atoms with E-state index in [0.29, 0.717) is 30.9 Å². The van der Waals surface area contributed by atoms with E-state index in [2.05, 4.69) is 69.3 Å². The molecule has 8 heterocycles. The van der Waals surface area contributed by atoms with Crippen molar-refractivity contribution in [3.63, 3.8) is 0 Å². The lowest BCUT2D eigenvalue weighted by Gasteiger charge is -2.56. The number of hydrogen-bond donors (Lipinski definition) is 0. The van der Waals surface area contributed by atoms with Crippen molar-refractivity contribution in [2.75, 3.05) is 31.2 Å². The molecule has 2 unspecified atom stereocenters. The van der Waals surface area contributed by atoms with E-state index in [1.807, 2.05) is 18.6 Å². The fraction of sp³-hybridized carbons (Fsp3) is 0.406. The Kier molecular flexibility index (Phi) is 6.42. The zero-order chi connectivity index (χ0) is 28.0. The molecule has 4 fully saturated rings. The molecule has 0 radical (unpaired) electrons. The summed E-state index contributed by atoms with van der Waals surface area (Å²) in [5.41, 5.74) is 6.29. The summed E-state index contributed by atoms with van der Waals surface area (Å²) in [6.45, 7) is 6.00. The van der Waals surface area contributed by atoms with E-state index in [9.17, 15) is 10.5 Å². The fourth-order valence-electron chi connectivity index (χ4n) is 6.45. The molecule has 4 aromatic rings. The first-order valence-corrected chi connectivity index (χ1v) is 14.4. The SMILES string of the molecule is CCc1ccc(CN2C3CC2CN(c2ccc(-c4cc(CCC5(C#N)COC5)cn5ncc(C#N)c45)cn2)C3)cn1. The van der Waals surface area contributed by atoms with Crippen LogP contribution >= 0.6 is 0 Å². The summed E-state index contributed by atoms with van der Waals surface area (Å²) in [4.78, 5) is 14.5. The van der Waals surface area contributed by atoms with Crippen molar-refractivity contribution < 1.29 is 4.74 Å². The number of rotatable bonds is 8. The Balaban J connectivity index is 1.08. The standard InChI is InChI=1S/C32H32N8O/c1-2-26-5-3-23(12-35-26)15-39-27-10-28(39)18-38(17-27)30-6-4-24(13-36-30)29-9-22(7-8-32(19-34)20-41-21-32)16-40-31(29)25(11-33)14-37-40/h3-6,9,12-14,16,27-28H,2,7-8,10,15,17-18,20-21H2,1H3. The van der Waals surface area contributed by atoms with Crippen LogP contribution in [0.4, 0.5) is 5.82 Å². The number of piperazine rings is 1. The summed E-state index contributed by atoms with van der Waals surface area (Å²) in [5.74, 6) is 0.985. The zero-order valence-electron chi connectivity index (χ0n) is 23.2. The van der Waals surface area contributed by atoms with E-state index < -0.39 is 5.41 Å². The first-order chi connectivity index (χ1) is 20.1. The highest BCUT2D eigenvalue weighted by atomic mass is 16.5. The maximum atomic E-state index is 9.74. The minimum atomic E-state index is -0.401. The van der Waals surface area contributed by atoms with Crippen LogP contribution in [0.15, 0.2) is 55.1 Å². The van der Waals surface area contributed by atoms with Crippen LogP contribution in [0.25, 0.3) is 16.6 Å². The van der Waals surface area contributed by atoms with Gasteiger partial charge in [-0.25, -0.2) is 9.50 Å². The molecule has 0 amide bonds. The summed E-state index contributed by atoms with van der Waals surface area (Å²) < 4.78 is 7.10. The van der Waals surface area contributed by atoms with Gasteiger partial charge in [0.05, 0.1) is 36.6 Å². The quantitative estimate of drug-likeness (QED) is 0.326. The van der Waals surface area contributed by atoms with E-state index in [1.54, 1.807) is 10.7 Å². The van der Waals surface area contributed by atoms with Crippen molar-refractivity contribution >= 4 is 11.3 Å². The molecular formula is C32H32N8O. The van der Waals surface area contributed by atoms with Crippen LogP contribution in [-0.2, 0) is 24.1 Å². The van der Waals surface area contributed by atoms with Gasteiger partial charge in [0, 0.05) is 67.1 Å². The number of aromatic nitrogens is 4. The van der Waals surface area contributed by atoms with Crippen LogP contribution in [0.2, 0.25) is 0 Å². The Hall–Kier alpha value is -4.31. The first-order valence-electron chi connectivity index (χ1n) is 14.4. The van der Waals surface area contributed by atoms with E-state index in [4.69, 9.17) is 9.72 Å². The summed E-state index contributed by atoms with van der Waals surface area (Å²) >= 11 is 0. The van der Waals surface area contributed by atoms with E-state index in [-0.39, 0.29) is 0 Å². The topological polar surface area (TPSA) is 106 Å². The molecule has 41 heavy (non-hydrogen) atoms. The summed E-state index contributed by atoms with van der Waals surface area (Å²) in [7, 11) is 0. The Morgan fingerprint density at radius 1 is 1.02 bits per heavy atom. The number of aryl methyl sites for hydroxylation is 2. The monoisotopic (exact) mass is 544 g/mol. The number of pyridine rings is 3. The third-order valence-electron chi connectivity index (χ3n) is 9.02. The van der Waals surface area contributed by atoms with Crippen LogP contribution in [0.5, 0.6) is 0 Å². The number of nitrogens with zero attached hydrogens (tertiary/aromatic N) is 8. The van der Waals surface area contributed by atoms with Crippen molar-refractivity contribution in [2.45, 2.75) is 51.2 Å². The van der Waals surface area contributed by atoms with Crippen molar-refractivity contribution in [3.8, 4) is 23.3 Å². The molecule has 2 bridgehead atoms. The van der Waals surface area contributed by atoms with Gasteiger partial charge in [-0.1, -0.05) is 13.0 Å². The zero-order valence-corrected chi connectivity index (χ0v) is 23.2. The molecule has 0 aliphatic carbocycles. The van der Waals surface area contributed by atoms with Gasteiger partial charge >= 0.3 is 0 Å². The van der Waals surface area contributed by atoms with Crippen LogP contribution < -0.4 is 4.90 Å². The molecule has 0 saturated carbocycles. The van der Waals surface area contributed by atoms with Crippen LogP contribution in [0.3, 0.4) is 0 Å². The molecule has 0 spiro atoms. The Labute approximate surface area is 239 Å². The number of hydrogen-bond acceptors (Lipinski definition) is 8. The number of fused-ring (bicyclic) bond motifs is 3. The summed E-state index contributed by atoms with van der Waals surface area (Å²) in [5, 5.41) is 23.8. The van der Waals surface area contributed by atoms with Gasteiger partial charge in [0.2, 0.25) is 0 Å². The van der Waals surface area contributed by atoms with E-state index in [1.165, 1.54) is 12.0 Å². The first kappa shape index (κ1) is 25.6. The van der Waals surface area contributed by atoms with Crippen molar-refractivity contribution in [3.05, 3.63) is 77.5 Å². The van der Waals surface area contributed by atoms with Gasteiger partial charge in [-0.2, -0.15) is 15.6 Å². The lowest BCUT2D eigenvalue weighted by atomic mass is 9.82. The molecule has 9 heteroatoms. The van der Waals surface area contributed by atoms with Crippen molar-refractivity contribution in [1.29, 1.82) is 10.5 Å². The molecule has 4 aromatic heterocycles. The Morgan fingerprint density at radius 3 is 2.51 bits per heavy atom. The lowest BCUT2D eigenvalue weighted by Crippen LogP contribution is -2.68. The normalized spacial score (nSPS) is 21.1. The van der Waals surface area contributed by atoms with Crippen molar-refractivity contribution in [2.24, 2.45) is 5.41 Å². The molecule has 206 valence electrons. The number of nitriles is 2. The van der Waals surface area contributed by atoms with Crippen LogP contribution in [0, 0.1) is 28.1 Å². The molecule has 0 aromatic carbocycles. The van der Waals surface area contributed by atoms with Gasteiger partial charge in [0.15, 0.2) is 0 Å². The van der Waals surface area contributed by atoms with Gasteiger partial charge < -0.3 is 9.64 Å². The highest BCUT2D eigenvalue weighted by Crippen LogP contribution is 2.37. The van der Waals surface area contributed by atoms with Gasteiger partial charge in [0.1, 0.15) is 17.3 Å². The molecule has 4 aliphatic heterocycles. The Bertz CT molecular complexity index is 1650. The van der Waals surface area contributed by atoms with Gasteiger partial charge in [-0.05, 0) is 61.1 Å². The summed E-state index contributed by atoms with van der Waals surface area (Å²) in [6, 6.07) is 16.4. The molecule has 8 rings (SSSR count). The largest absolute Gasteiger partial charge is 0.378 e. The van der Waals surface area contributed by atoms with Gasteiger partial charge in [-0.15, -0.1) is 0 Å². The maximum Gasteiger partial charge on any atom is 0.128 e. The second-order valence-electron chi connectivity index (χ2n) is 11.6. The van der Waals surface area contributed by atoms with E-state index >= 15 is 0 Å². The number of piperidine rings is 1. The highest BCUT2D eigenvalue weighted by Gasteiger charge is 2.44. The van der Waals surface area contributed by atoms with E-state index in [0.717, 1.165) is 72.6 Å². The predicted molar refractivity (Wildman–Crippen MR) is 154 cm³/mol. The van der Waals surface area contributed by atoms with Gasteiger partial charge in [0.25, 0.3) is 0 Å². The second kappa shape index (κ2) is 10.3.